The molecule has 10 heavy (non-hydrogen) atoms. The first-order chi connectivity index (χ1) is 4.52. The fourth-order valence-corrected chi connectivity index (χ4v) is 0.963. The maximum absolute atomic E-state index is 5.81. The molecule has 4 N–H and O–H groups in total. The maximum Gasteiger partial charge on any atom is 0.129 e. The molecule has 0 saturated carbocycles. The number of alkyl halides is 1. The van der Waals surface area contributed by atoms with E-state index in [0.29, 0.717) is 0 Å². The molecule has 0 heterocycles. The minimum absolute atomic E-state index is 0.279. The van der Waals surface area contributed by atoms with Crippen molar-refractivity contribution in [3.63, 3.8) is 0 Å². The fourth-order valence-electron chi connectivity index (χ4n) is 0.837. The van der Waals surface area contributed by atoms with E-state index in [1.54, 1.807) is 6.08 Å². The van der Waals surface area contributed by atoms with E-state index >= 15 is 0 Å². The van der Waals surface area contributed by atoms with E-state index in [9.17, 15) is 0 Å². The molecule has 56 valence electrons. The van der Waals surface area contributed by atoms with Crippen molar-refractivity contribution < 1.29 is 0 Å². The van der Waals surface area contributed by atoms with E-state index in [2.05, 4.69) is 0 Å². The quantitative estimate of drug-likeness (QED) is 0.403. The van der Waals surface area contributed by atoms with Gasteiger partial charge in [0.15, 0.2) is 0 Å². The van der Waals surface area contributed by atoms with Crippen LogP contribution in [0.15, 0.2) is 23.8 Å². The maximum atomic E-state index is 5.81. The fraction of sp³-hybridized carbons (Fsp3) is 0.429. The molecular weight excluding hydrogens is 148 g/mol. The highest BCUT2D eigenvalue weighted by Crippen LogP contribution is 2.20. The molecule has 0 aliphatic heterocycles. The van der Waals surface area contributed by atoms with E-state index in [1.165, 1.54) is 0 Å². The van der Waals surface area contributed by atoms with Gasteiger partial charge in [-0.05, 0) is 13.0 Å². The number of halogens is 1. The van der Waals surface area contributed by atoms with E-state index in [0.717, 1.165) is 5.57 Å². The summed E-state index contributed by atoms with van der Waals surface area (Å²) in [5.74, 6) is 0. The van der Waals surface area contributed by atoms with Gasteiger partial charge in [-0.25, -0.2) is 0 Å². The third-order valence-corrected chi connectivity index (χ3v) is 1.93. The third kappa shape index (κ3) is 1.40. The van der Waals surface area contributed by atoms with Gasteiger partial charge >= 0.3 is 0 Å². The van der Waals surface area contributed by atoms with Gasteiger partial charge in [0.2, 0.25) is 0 Å². The second-order valence-corrected chi connectivity index (χ2v) is 3.25. The van der Waals surface area contributed by atoms with Crippen molar-refractivity contribution >= 4 is 11.6 Å². The second-order valence-electron chi connectivity index (χ2n) is 2.60. The second kappa shape index (κ2) is 2.38. The van der Waals surface area contributed by atoms with Gasteiger partial charge in [-0.1, -0.05) is 29.3 Å². The lowest BCUT2D eigenvalue weighted by Gasteiger charge is -2.26. The Morgan fingerprint density at radius 3 is 2.70 bits per heavy atom. The summed E-state index contributed by atoms with van der Waals surface area (Å²) < 4.78 is 0. The summed E-state index contributed by atoms with van der Waals surface area (Å²) in [4.78, 5) is -0.889. The molecule has 0 radical (unpaired) electrons. The Balaban J connectivity index is 2.84. The highest BCUT2D eigenvalue weighted by molar-refractivity contribution is 6.25. The van der Waals surface area contributed by atoms with Crippen LogP contribution in [-0.4, -0.2) is 11.0 Å². The highest BCUT2D eigenvalue weighted by Gasteiger charge is 2.27. The Morgan fingerprint density at radius 2 is 2.30 bits per heavy atom. The average Bonchev–Trinajstić information content (AvgIpc) is 1.81. The van der Waals surface area contributed by atoms with Crippen molar-refractivity contribution in [3.8, 4) is 0 Å². The summed E-state index contributed by atoms with van der Waals surface area (Å²) in [6.07, 6.45) is 5.44. The number of rotatable bonds is 0. The molecule has 0 aromatic rings. The van der Waals surface area contributed by atoms with Crippen molar-refractivity contribution in [1.82, 2.24) is 0 Å². The van der Waals surface area contributed by atoms with Crippen LogP contribution in [0.3, 0.4) is 0 Å². The predicted octanol–water partition coefficient (Wildman–Crippen LogP) is 0.724. The van der Waals surface area contributed by atoms with Crippen LogP contribution in [0.2, 0.25) is 0 Å². The molecule has 0 spiro atoms. The summed E-state index contributed by atoms with van der Waals surface area (Å²) in [6.45, 7) is 1.96. The Labute approximate surface area is 65.5 Å². The van der Waals surface area contributed by atoms with Crippen LogP contribution >= 0.6 is 11.6 Å². The normalized spacial score (nSPS) is 39.6. The molecule has 0 saturated heterocycles. The van der Waals surface area contributed by atoms with Gasteiger partial charge in [0.25, 0.3) is 0 Å². The van der Waals surface area contributed by atoms with Crippen molar-refractivity contribution in [2.75, 3.05) is 0 Å². The first kappa shape index (κ1) is 7.79. The molecule has 0 bridgehead atoms. The third-order valence-electron chi connectivity index (χ3n) is 1.56. The molecule has 1 aliphatic rings. The number of nitrogens with two attached hydrogens (primary N) is 2. The van der Waals surface area contributed by atoms with E-state index in [-0.39, 0.29) is 6.04 Å². The van der Waals surface area contributed by atoms with Crippen molar-refractivity contribution in [1.29, 1.82) is 0 Å². The molecule has 0 amide bonds. The zero-order valence-electron chi connectivity index (χ0n) is 5.84. The van der Waals surface area contributed by atoms with Crippen LogP contribution in [0.25, 0.3) is 0 Å². The highest BCUT2D eigenvalue weighted by atomic mass is 35.5. The van der Waals surface area contributed by atoms with Gasteiger partial charge in [-0.15, -0.1) is 0 Å². The molecule has 1 rings (SSSR count). The van der Waals surface area contributed by atoms with Crippen LogP contribution < -0.4 is 11.5 Å². The molecule has 3 heteroatoms. The molecule has 0 fully saturated rings. The number of hydrogen-bond donors (Lipinski definition) is 2. The summed E-state index contributed by atoms with van der Waals surface area (Å²) in [6, 6.07) is -0.279. The molecule has 0 aromatic heterocycles. The van der Waals surface area contributed by atoms with Gasteiger partial charge in [-0.3, -0.25) is 0 Å². The average molecular weight is 159 g/mol. The van der Waals surface area contributed by atoms with Gasteiger partial charge in [0.05, 0.1) is 6.04 Å². The molecule has 2 unspecified atom stereocenters. The molecule has 0 aromatic carbocycles. The first-order valence-corrected chi connectivity index (χ1v) is 3.51. The van der Waals surface area contributed by atoms with E-state index < -0.39 is 5.00 Å². The summed E-state index contributed by atoms with van der Waals surface area (Å²) in [5.41, 5.74) is 12.3. The van der Waals surface area contributed by atoms with E-state index in [1.807, 2.05) is 19.1 Å². The van der Waals surface area contributed by atoms with Crippen LogP contribution in [-0.2, 0) is 0 Å². The summed E-state index contributed by atoms with van der Waals surface area (Å²) in [5, 5.41) is 0. The zero-order chi connectivity index (χ0) is 7.78. The van der Waals surface area contributed by atoms with Gasteiger partial charge < -0.3 is 11.5 Å². The molecule has 1 aliphatic carbocycles. The first-order valence-electron chi connectivity index (χ1n) is 3.13. The standard InChI is InChI=1S/C7H11ClN2/c1-5-2-3-7(8,10)6(9)4-5/h2-4,6H,9-10H2,1H3. The number of hydrogen-bond acceptors (Lipinski definition) is 2. The zero-order valence-corrected chi connectivity index (χ0v) is 6.60. The van der Waals surface area contributed by atoms with Gasteiger partial charge in [0, 0.05) is 0 Å². The lowest BCUT2D eigenvalue weighted by molar-refractivity contribution is 0.631. The van der Waals surface area contributed by atoms with Crippen molar-refractivity contribution in [2.45, 2.75) is 18.0 Å². The van der Waals surface area contributed by atoms with Crippen molar-refractivity contribution in [2.24, 2.45) is 11.5 Å². The Bertz CT molecular complexity index is 194. The van der Waals surface area contributed by atoms with E-state index in [4.69, 9.17) is 23.1 Å². The van der Waals surface area contributed by atoms with Crippen molar-refractivity contribution in [3.05, 3.63) is 23.8 Å². The smallest absolute Gasteiger partial charge is 0.129 e. The van der Waals surface area contributed by atoms with Crippen LogP contribution in [0, 0.1) is 0 Å². The Hall–Kier alpha value is -0.310. The Kier molecular flexibility index (Phi) is 1.86. The lowest BCUT2D eigenvalue weighted by atomic mass is 10.00. The van der Waals surface area contributed by atoms with Crippen LogP contribution in [0.5, 0.6) is 0 Å². The number of allylic oxidation sites excluding steroid dienone is 2. The monoisotopic (exact) mass is 158 g/mol. The Morgan fingerprint density at radius 1 is 1.70 bits per heavy atom. The molecule has 2 atom stereocenters. The lowest BCUT2D eigenvalue weighted by Crippen LogP contribution is -2.49. The van der Waals surface area contributed by atoms with Crippen LogP contribution in [0.1, 0.15) is 6.92 Å². The van der Waals surface area contributed by atoms with Crippen LogP contribution in [0.4, 0.5) is 0 Å². The van der Waals surface area contributed by atoms with Gasteiger partial charge in [0.1, 0.15) is 5.00 Å². The molecular formula is C7H11ClN2. The summed E-state index contributed by atoms with van der Waals surface area (Å²) in [7, 11) is 0. The largest absolute Gasteiger partial charge is 0.322 e. The minimum Gasteiger partial charge on any atom is -0.322 e. The molecule has 2 nitrogen and oxygen atoms in total. The summed E-state index contributed by atoms with van der Waals surface area (Å²) >= 11 is 5.81. The minimum atomic E-state index is -0.889. The topological polar surface area (TPSA) is 52.0 Å². The predicted molar refractivity (Wildman–Crippen MR) is 43.6 cm³/mol. The van der Waals surface area contributed by atoms with Gasteiger partial charge in [-0.2, -0.15) is 0 Å². The SMILES string of the molecule is CC1=CC(N)C(N)(Cl)C=C1.